The van der Waals surface area contributed by atoms with Gasteiger partial charge in [-0.3, -0.25) is 9.48 Å². The van der Waals surface area contributed by atoms with E-state index in [2.05, 4.69) is 15.5 Å². The summed E-state index contributed by atoms with van der Waals surface area (Å²) in [7, 11) is 0. The number of rotatable bonds is 4. The summed E-state index contributed by atoms with van der Waals surface area (Å²) in [6, 6.07) is 8.54. The summed E-state index contributed by atoms with van der Waals surface area (Å²) < 4.78 is 3.48. The second-order valence-corrected chi connectivity index (χ2v) is 6.21. The van der Waals surface area contributed by atoms with E-state index in [9.17, 15) is 4.79 Å². The summed E-state index contributed by atoms with van der Waals surface area (Å²) >= 11 is 11.8. The number of carbonyl (C=O) groups is 1. The molecular weight excluding hydrogens is 349 g/mol. The van der Waals surface area contributed by atoms with Crippen molar-refractivity contribution in [3.63, 3.8) is 0 Å². The van der Waals surface area contributed by atoms with Crippen LogP contribution >= 0.6 is 23.2 Å². The first kappa shape index (κ1) is 16.5. The third kappa shape index (κ3) is 3.60. The minimum absolute atomic E-state index is 0.308. The highest BCUT2D eigenvalue weighted by atomic mass is 35.5. The number of nitrogens with zero attached hydrogens (tertiary/aromatic N) is 4. The molecule has 1 N–H and O–H groups in total. The lowest BCUT2D eigenvalue weighted by molar-refractivity contribution is 0.102. The maximum Gasteiger partial charge on any atom is 0.276 e. The quantitative estimate of drug-likeness (QED) is 0.767. The van der Waals surface area contributed by atoms with Crippen LogP contribution in [0.5, 0.6) is 0 Å². The Kier molecular flexibility index (Phi) is 4.59. The van der Waals surface area contributed by atoms with Crippen LogP contribution in [0.2, 0.25) is 10.0 Å². The fourth-order valence-corrected chi connectivity index (χ4v) is 2.58. The predicted molar refractivity (Wildman–Crippen MR) is 93.7 cm³/mol. The van der Waals surface area contributed by atoms with Gasteiger partial charge in [0.2, 0.25) is 0 Å². The van der Waals surface area contributed by atoms with Crippen LogP contribution in [0.1, 0.15) is 21.9 Å². The first-order valence-electron chi connectivity index (χ1n) is 7.23. The van der Waals surface area contributed by atoms with Crippen molar-refractivity contribution in [2.45, 2.75) is 20.5 Å². The molecule has 124 valence electrons. The topological polar surface area (TPSA) is 64.7 Å². The first-order chi connectivity index (χ1) is 11.4. The van der Waals surface area contributed by atoms with Gasteiger partial charge < -0.3 is 5.32 Å². The van der Waals surface area contributed by atoms with E-state index in [0.717, 1.165) is 11.4 Å². The molecule has 0 aliphatic heterocycles. The van der Waals surface area contributed by atoms with Crippen LogP contribution in [0.25, 0.3) is 0 Å². The van der Waals surface area contributed by atoms with Gasteiger partial charge in [0.1, 0.15) is 6.67 Å². The predicted octanol–water partition coefficient (Wildman–Crippen LogP) is 3.76. The van der Waals surface area contributed by atoms with Crippen molar-refractivity contribution in [2.75, 3.05) is 5.32 Å². The molecule has 0 unspecified atom stereocenters. The van der Waals surface area contributed by atoms with Gasteiger partial charge in [-0.25, -0.2) is 4.68 Å². The summed E-state index contributed by atoms with van der Waals surface area (Å²) in [5.41, 5.74) is 2.84. The Balaban J connectivity index is 1.71. The zero-order chi connectivity index (χ0) is 17.3. The summed E-state index contributed by atoms with van der Waals surface area (Å²) in [6.07, 6.45) is 1.74. The van der Waals surface area contributed by atoms with Gasteiger partial charge in [-0.2, -0.15) is 10.2 Å². The molecule has 0 fully saturated rings. The van der Waals surface area contributed by atoms with E-state index < -0.39 is 0 Å². The highest BCUT2D eigenvalue weighted by Gasteiger charge is 2.11. The van der Waals surface area contributed by atoms with Gasteiger partial charge >= 0.3 is 0 Å². The van der Waals surface area contributed by atoms with Crippen molar-refractivity contribution in [1.82, 2.24) is 19.6 Å². The largest absolute Gasteiger partial charge is 0.321 e. The van der Waals surface area contributed by atoms with Crippen molar-refractivity contribution < 1.29 is 4.79 Å². The molecule has 0 aliphatic rings. The highest BCUT2D eigenvalue weighted by molar-refractivity contribution is 6.42. The third-order valence-corrected chi connectivity index (χ3v) is 4.17. The highest BCUT2D eigenvalue weighted by Crippen LogP contribution is 2.25. The molecule has 0 bridgehead atoms. The molecule has 6 nitrogen and oxygen atoms in total. The molecule has 2 aromatic heterocycles. The molecule has 0 saturated carbocycles. The maximum atomic E-state index is 12.3. The standard InChI is InChI=1S/C16H15Cl2N5O/c1-10-7-11(2)23(20-10)9-22-6-5-15(21-22)16(24)19-12-3-4-13(17)14(18)8-12/h3-8H,9H2,1-2H3,(H,19,24). The number of amides is 1. The molecule has 3 aromatic rings. The van der Waals surface area contributed by atoms with Crippen LogP contribution in [0.15, 0.2) is 36.5 Å². The summed E-state index contributed by atoms with van der Waals surface area (Å²) in [5.74, 6) is -0.319. The van der Waals surface area contributed by atoms with Crippen molar-refractivity contribution >= 4 is 34.8 Å². The van der Waals surface area contributed by atoms with Crippen LogP contribution in [-0.4, -0.2) is 25.5 Å². The van der Waals surface area contributed by atoms with E-state index >= 15 is 0 Å². The van der Waals surface area contributed by atoms with Gasteiger partial charge in [-0.05, 0) is 44.2 Å². The van der Waals surface area contributed by atoms with Gasteiger partial charge in [0, 0.05) is 17.6 Å². The Morgan fingerprint density at radius 1 is 1.12 bits per heavy atom. The average Bonchev–Trinajstić information content (AvgIpc) is 3.10. The molecule has 0 saturated heterocycles. The van der Waals surface area contributed by atoms with E-state index in [-0.39, 0.29) is 5.91 Å². The van der Waals surface area contributed by atoms with Crippen molar-refractivity contribution in [3.8, 4) is 0 Å². The lowest BCUT2D eigenvalue weighted by Crippen LogP contribution is -2.15. The lowest BCUT2D eigenvalue weighted by Gasteiger charge is -2.05. The number of aromatic nitrogens is 4. The van der Waals surface area contributed by atoms with Crippen molar-refractivity contribution in [2.24, 2.45) is 0 Å². The summed E-state index contributed by atoms with van der Waals surface area (Å²) in [4.78, 5) is 12.3. The Morgan fingerprint density at radius 3 is 2.58 bits per heavy atom. The molecule has 0 aliphatic carbocycles. The molecule has 1 amide bonds. The van der Waals surface area contributed by atoms with Crippen LogP contribution in [0.3, 0.4) is 0 Å². The van der Waals surface area contributed by atoms with Crippen LogP contribution < -0.4 is 5.32 Å². The number of benzene rings is 1. The number of aryl methyl sites for hydroxylation is 2. The molecule has 8 heteroatoms. The molecule has 1 aromatic carbocycles. The molecule has 2 heterocycles. The van der Waals surface area contributed by atoms with Gasteiger partial charge in [0.05, 0.1) is 15.7 Å². The van der Waals surface area contributed by atoms with E-state index in [0.29, 0.717) is 28.1 Å². The molecule has 0 spiro atoms. The summed E-state index contributed by atoms with van der Waals surface area (Å²) in [6.45, 7) is 4.35. The normalized spacial score (nSPS) is 10.8. The Labute approximate surface area is 149 Å². The lowest BCUT2D eigenvalue weighted by atomic mass is 10.3. The molecular formula is C16H15Cl2N5O. The number of hydrogen-bond donors (Lipinski definition) is 1. The fraction of sp³-hybridized carbons (Fsp3) is 0.188. The Hall–Kier alpha value is -2.31. The number of halogens is 2. The monoisotopic (exact) mass is 363 g/mol. The minimum Gasteiger partial charge on any atom is -0.321 e. The number of anilines is 1. The van der Waals surface area contributed by atoms with E-state index in [1.54, 1.807) is 35.1 Å². The van der Waals surface area contributed by atoms with Crippen molar-refractivity contribution in [3.05, 3.63) is 63.7 Å². The van der Waals surface area contributed by atoms with Crippen LogP contribution in [0, 0.1) is 13.8 Å². The summed E-state index contributed by atoms with van der Waals surface area (Å²) in [5, 5.41) is 12.2. The van der Waals surface area contributed by atoms with Crippen LogP contribution in [-0.2, 0) is 6.67 Å². The SMILES string of the molecule is Cc1cc(C)n(Cn2ccc(C(=O)Nc3ccc(Cl)c(Cl)c3)n2)n1. The molecule has 3 rings (SSSR count). The smallest absolute Gasteiger partial charge is 0.276 e. The van der Waals surface area contributed by atoms with E-state index in [1.807, 2.05) is 24.6 Å². The fourth-order valence-electron chi connectivity index (χ4n) is 2.29. The first-order valence-corrected chi connectivity index (χ1v) is 7.99. The number of hydrogen-bond acceptors (Lipinski definition) is 3. The zero-order valence-corrected chi connectivity index (χ0v) is 14.6. The third-order valence-electron chi connectivity index (χ3n) is 3.43. The van der Waals surface area contributed by atoms with E-state index in [4.69, 9.17) is 23.2 Å². The number of nitrogens with one attached hydrogen (secondary N) is 1. The van der Waals surface area contributed by atoms with E-state index in [1.165, 1.54) is 0 Å². The molecule has 0 atom stereocenters. The maximum absolute atomic E-state index is 12.3. The Morgan fingerprint density at radius 2 is 1.92 bits per heavy atom. The minimum atomic E-state index is -0.319. The average molecular weight is 364 g/mol. The van der Waals surface area contributed by atoms with Gasteiger partial charge in [-0.1, -0.05) is 23.2 Å². The van der Waals surface area contributed by atoms with Gasteiger partial charge in [0.25, 0.3) is 5.91 Å². The second kappa shape index (κ2) is 6.67. The number of carbonyl (C=O) groups excluding carboxylic acids is 1. The molecule has 0 radical (unpaired) electrons. The van der Waals surface area contributed by atoms with Crippen LogP contribution in [0.4, 0.5) is 5.69 Å². The van der Waals surface area contributed by atoms with Crippen molar-refractivity contribution in [1.29, 1.82) is 0 Å². The zero-order valence-electron chi connectivity index (χ0n) is 13.1. The van der Waals surface area contributed by atoms with Gasteiger partial charge in [0.15, 0.2) is 5.69 Å². The second-order valence-electron chi connectivity index (χ2n) is 5.39. The van der Waals surface area contributed by atoms with Gasteiger partial charge in [-0.15, -0.1) is 0 Å². The Bertz CT molecular complexity index is 900. The molecule has 24 heavy (non-hydrogen) atoms.